The number of hydrogen-bond acceptors (Lipinski definition) is 3. The summed E-state index contributed by atoms with van der Waals surface area (Å²) in [4.78, 5) is 9.08. The molecule has 1 aliphatic rings. The number of nitrogens with zero attached hydrogens (tertiary/aromatic N) is 2. The van der Waals surface area contributed by atoms with Gasteiger partial charge in [0.2, 0.25) is 0 Å². The maximum absolute atomic E-state index is 6.04. The summed E-state index contributed by atoms with van der Waals surface area (Å²) in [6, 6.07) is 8.22. The van der Waals surface area contributed by atoms with Gasteiger partial charge in [-0.2, -0.15) is 0 Å². The summed E-state index contributed by atoms with van der Waals surface area (Å²) in [5.74, 6) is 3.40. The van der Waals surface area contributed by atoms with Crippen molar-refractivity contribution in [3.8, 4) is 17.1 Å². The highest BCUT2D eigenvalue weighted by Crippen LogP contribution is 2.31. The first kappa shape index (κ1) is 19.9. The van der Waals surface area contributed by atoms with Gasteiger partial charge in [0.25, 0.3) is 0 Å². The molecule has 3 heteroatoms. The summed E-state index contributed by atoms with van der Waals surface area (Å²) >= 11 is 0. The van der Waals surface area contributed by atoms with Crippen LogP contribution in [0.2, 0.25) is 0 Å². The van der Waals surface area contributed by atoms with Gasteiger partial charge in [-0.15, -0.1) is 0 Å². The van der Waals surface area contributed by atoms with E-state index in [-0.39, 0.29) is 0 Å². The number of hydrogen-bond donors (Lipinski definition) is 0. The average Bonchev–Trinajstić information content (AvgIpc) is 2.74. The van der Waals surface area contributed by atoms with Gasteiger partial charge in [-0.05, 0) is 67.3 Å². The Morgan fingerprint density at radius 3 is 2.19 bits per heavy atom. The Labute approximate surface area is 164 Å². The third-order valence-electron chi connectivity index (χ3n) is 5.92. The smallest absolute Gasteiger partial charge is 0.159 e. The SMILES string of the molecule is CCCCCc1cnc(-c2ccc(OCC3CCC(CC)CC3)cc2)nc1. The van der Waals surface area contributed by atoms with Gasteiger partial charge in [0.15, 0.2) is 5.82 Å². The molecular formula is C24H34N2O. The van der Waals surface area contributed by atoms with Crippen LogP contribution in [0.3, 0.4) is 0 Å². The van der Waals surface area contributed by atoms with Crippen LogP contribution >= 0.6 is 0 Å². The molecule has 1 fully saturated rings. The monoisotopic (exact) mass is 366 g/mol. The molecule has 0 saturated heterocycles. The molecule has 0 spiro atoms. The molecule has 0 aliphatic heterocycles. The molecule has 1 heterocycles. The van der Waals surface area contributed by atoms with E-state index in [0.29, 0.717) is 0 Å². The second-order valence-electron chi connectivity index (χ2n) is 8.00. The van der Waals surface area contributed by atoms with Gasteiger partial charge < -0.3 is 4.74 Å². The van der Waals surface area contributed by atoms with Crippen LogP contribution in [0.4, 0.5) is 0 Å². The molecule has 146 valence electrons. The van der Waals surface area contributed by atoms with Crippen molar-refractivity contribution in [2.45, 2.75) is 71.6 Å². The van der Waals surface area contributed by atoms with Crippen molar-refractivity contribution < 1.29 is 4.74 Å². The Balaban J connectivity index is 1.48. The first-order chi connectivity index (χ1) is 13.3. The summed E-state index contributed by atoms with van der Waals surface area (Å²) in [5, 5.41) is 0. The normalized spacial score (nSPS) is 19.8. The van der Waals surface area contributed by atoms with Gasteiger partial charge in [-0.3, -0.25) is 0 Å². The van der Waals surface area contributed by atoms with Crippen molar-refractivity contribution in [1.82, 2.24) is 9.97 Å². The van der Waals surface area contributed by atoms with E-state index in [4.69, 9.17) is 4.74 Å². The van der Waals surface area contributed by atoms with Gasteiger partial charge in [-0.25, -0.2) is 9.97 Å². The van der Waals surface area contributed by atoms with E-state index in [1.54, 1.807) is 0 Å². The van der Waals surface area contributed by atoms with Gasteiger partial charge in [-0.1, -0.05) is 46.0 Å². The maximum atomic E-state index is 6.04. The van der Waals surface area contributed by atoms with E-state index in [1.807, 2.05) is 24.5 Å². The zero-order valence-corrected chi connectivity index (χ0v) is 17.0. The molecule has 0 amide bonds. The summed E-state index contributed by atoms with van der Waals surface area (Å²) < 4.78 is 6.04. The fourth-order valence-electron chi connectivity index (χ4n) is 3.93. The molecule has 2 aromatic rings. The molecule has 3 rings (SSSR count). The lowest BCUT2D eigenvalue weighted by molar-refractivity contribution is 0.181. The Bertz CT molecular complexity index is 658. The highest BCUT2D eigenvalue weighted by atomic mass is 16.5. The topological polar surface area (TPSA) is 35.0 Å². The Hall–Kier alpha value is -1.90. The van der Waals surface area contributed by atoms with Crippen LogP contribution in [0.15, 0.2) is 36.7 Å². The highest BCUT2D eigenvalue weighted by molar-refractivity contribution is 5.55. The van der Waals surface area contributed by atoms with Gasteiger partial charge in [0.1, 0.15) is 5.75 Å². The molecule has 0 unspecified atom stereocenters. The van der Waals surface area contributed by atoms with Gasteiger partial charge in [0.05, 0.1) is 6.61 Å². The predicted octanol–water partition coefficient (Wildman–Crippen LogP) is 6.47. The Morgan fingerprint density at radius 1 is 0.889 bits per heavy atom. The van der Waals surface area contributed by atoms with E-state index < -0.39 is 0 Å². The van der Waals surface area contributed by atoms with Crippen molar-refractivity contribution in [3.05, 3.63) is 42.2 Å². The van der Waals surface area contributed by atoms with Crippen LogP contribution in [-0.2, 0) is 6.42 Å². The second-order valence-corrected chi connectivity index (χ2v) is 8.00. The van der Waals surface area contributed by atoms with E-state index >= 15 is 0 Å². The van der Waals surface area contributed by atoms with E-state index in [2.05, 4.69) is 35.9 Å². The van der Waals surface area contributed by atoms with Gasteiger partial charge >= 0.3 is 0 Å². The Kier molecular flexibility index (Phi) is 7.67. The molecule has 1 saturated carbocycles. The molecule has 0 bridgehead atoms. The fourth-order valence-corrected chi connectivity index (χ4v) is 3.93. The van der Waals surface area contributed by atoms with Gasteiger partial charge in [0, 0.05) is 18.0 Å². The third kappa shape index (κ3) is 6.05. The summed E-state index contributed by atoms with van der Waals surface area (Å²) in [6.07, 6.45) is 15.4. The largest absolute Gasteiger partial charge is 0.493 e. The average molecular weight is 367 g/mol. The van der Waals surface area contributed by atoms with Crippen LogP contribution < -0.4 is 4.74 Å². The first-order valence-corrected chi connectivity index (χ1v) is 10.8. The first-order valence-electron chi connectivity index (χ1n) is 10.8. The standard InChI is InChI=1S/C24H34N2O/c1-3-5-6-7-21-16-25-24(26-17-21)22-12-14-23(15-13-22)27-18-20-10-8-19(4-2)9-11-20/h12-17,19-20H,3-11,18H2,1-2H3. The van der Waals surface area contributed by atoms with Crippen LogP contribution in [0.1, 0.15) is 70.8 Å². The molecule has 1 aromatic carbocycles. The van der Waals surface area contributed by atoms with Crippen molar-refractivity contribution in [1.29, 1.82) is 0 Å². The maximum Gasteiger partial charge on any atom is 0.159 e. The minimum absolute atomic E-state index is 0.719. The summed E-state index contributed by atoms with van der Waals surface area (Å²) in [5.41, 5.74) is 2.27. The predicted molar refractivity (Wildman–Crippen MR) is 112 cm³/mol. The molecule has 0 atom stereocenters. The quantitative estimate of drug-likeness (QED) is 0.477. The molecule has 0 radical (unpaired) electrons. The van der Waals surface area contributed by atoms with Crippen LogP contribution in [0.5, 0.6) is 5.75 Å². The number of benzene rings is 1. The van der Waals surface area contributed by atoms with E-state index in [0.717, 1.165) is 42.0 Å². The minimum Gasteiger partial charge on any atom is -0.493 e. The van der Waals surface area contributed by atoms with E-state index in [1.165, 1.54) is 56.9 Å². The lowest BCUT2D eigenvalue weighted by atomic mass is 9.81. The van der Waals surface area contributed by atoms with Crippen molar-refractivity contribution in [3.63, 3.8) is 0 Å². The minimum atomic E-state index is 0.719. The third-order valence-corrected chi connectivity index (χ3v) is 5.92. The Morgan fingerprint density at radius 2 is 1.56 bits per heavy atom. The zero-order chi connectivity index (χ0) is 18.9. The van der Waals surface area contributed by atoms with E-state index in [9.17, 15) is 0 Å². The molecule has 0 N–H and O–H groups in total. The number of aryl methyl sites for hydroxylation is 1. The molecule has 3 nitrogen and oxygen atoms in total. The molecular weight excluding hydrogens is 332 g/mol. The van der Waals surface area contributed by atoms with Crippen LogP contribution in [-0.4, -0.2) is 16.6 Å². The summed E-state index contributed by atoms with van der Waals surface area (Å²) in [6.45, 7) is 5.38. The fraction of sp³-hybridized carbons (Fsp3) is 0.583. The lowest BCUT2D eigenvalue weighted by Crippen LogP contribution is -2.19. The lowest BCUT2D eigenvalue weighted by Gasteiger charge is -2.27. The van der Waals surface area contributed by atoms with Crippen molar-refractivity contribution in [2.75, 3.05) is 6.61 Å². The summed E-state index contributed by atoms with van der Waals surface area (Å²) in [7, 11) is 0. The second kappa shape index (κ2) is 10.4. The van der Waals surface area contributed by atoms with Crippen LogP contribution in [0.25, 0.3) is 11.4 Å². The zero-order valence-electron chi connectivity index (χ0n) is 17.0. The molecule has 27 heavy (non-hydrogen) atoms. The number of rotatable bonds is 9. The highest BCUT2D eigenvalue weighted by Gasteiger charge is 2.20. The number of ether oxygens (including phenoxy) is 1. The van der Waals surface area contributed by atoms with Crippen molar-refractivity contribution in [2.24, 2.45) is 11.8 Å². The van der Waals surface area contributed by atoms with Crippen LogP contribution in [0, 0.1) is 11.8 Å². The van der Waals surface area contributed by atoms with Crippen molar-refractivity contribution >= 4 is 0 Å². The molecule has 1 aliphatic carbocycles. The molecule has 1 aromatic heterocycles. The number of aromatic nitrogens is 2. The number of unbranched alkanes of at least 4 members (excludes halogenated alkanes) is 2.